The van der Waals surface area contributed by atoms with Crippen LogP contribution < -0.4 is 16.3 Å². The summed E-state index contributed by atoms with van der Waals surface area (Å²) in [6.45, 7) is 8.86. The lowest BCUT2D eigenvalue weighted by Gasteiger charge is -2.32. The van der Waals surface area contributed by atoms with E-state index in [2.05, 4.69) is 22.6 Å². The number of fused-ring (bicyclic) bond motifs is 1. The third-order valence-electron chi connectivity index (χ3n) is 8.18. The molecule has 2 aromatic rings. The van der Waals surface area contributed by atoms with E-state index in [1.807, 2.05) is 39.0 Å². The van der Waals surface area contributed by atoms with Gasteiger partial charge >= 0.3 is 11.8 Å². The lowest BCUT2D eigenvalue weighted by atomic mass is 9.86. The first-order valence-electron chi connectivity index (χ1n) is 15.2. The maximum Gasteiger partial charge on any atom is 0.407 e. The SMILES string of the molecule is CN(CCOCCCc1ccc2c(c1)n(C)c(=O)n2C1CCC(=O)NC1=O)CC1CCC(NC(=O)OC(C)(C)C)CC1. The molecule has 2 heterocycles. The van der Waals surface area contributed by atoms with Crippen LogP contribution in [0, 0.1) is 5.92 Å². The quantitative estimate of drug-likeness (QED) is 0.306. The zero-order chi connectivity index (χ0) is 30.4. The Bertz CT molecular complexity index is 1320. The molecule has 1 aliphatic carbocycles. The number of hydrogen-bond donors (Lipinski definition) is 2. The molecule has 2 fully saturated rings. The molecular formula is C31H47N5O6. The van der Waals surface area contributed by atoms with Gasteiger partial charge in [-0.05, 0) is 96.4 Å². The van der Waals surface area contributed by atoms with E-state index in [0.717, 1.165) is 62.7 Å². The summed E-state index contributed by atoms with van der Waals surface area (Å²) in [7, 11) is 3.85. The lowest BCUT2D eigenvalue weighted by Crippen LogP contribution is -2.44. The van der Waals surface area contributed by atoms with Gasteiger partial charge in [-0.1, -0.05) is 6.07 Å². The van der Waals surface area contributed by atoms with Crippen molar-refractivity contribution in [2.24, 2.45) is 13.0 Å². The molecule has 3 amide bonds. The highest BCUT2D eigenvalue weighted by Crippen LogP contribution is 2.26. The van der Waals surface area contributed by atoms with Gasteiger partial charge in [0, 0.05) is 39.2 Å². The van der Waals surface area contributed by atoms with E-state index in [-0.39, 0.29) is 30.2 Å². The minimum atomic E-state index is -0.674. The molecule has 1 aromatic heterocycles. The van der Waals surface area contributed by atoms with Gasteiger partial charge in [0.25, 0.3) is 0 Å². The smallest absolute Gasteiger partial charge is 0.407 e. The van der Waals surface area contributed by atoms with Crippen molar-refractivity contribution in [3.8, 4) is 0 Å². The average Bonchev–Trinajstić information content (AvgIpc) is 3.15. The number of hydrogen-bond acceptors (Lipinski definition) is 7. The van der Waals surface area contributed by atoms with Gasteiger partial charge in [0.15, 0.2) is 0 Å². The van der Waals surface area contributed by atoms with Crippen molar-refractivity contribution in [1.82, 2.24) is 24.7 Å². The number of imide groups is 1. The molecule has 0 radical (unpaired) electrons. The van der Waals surface area contributed by atoms with E-state index in [9.17, 15) is 19.2 Å². The molecule has 0 spiro atoms. The minimum Gasteiger partial charge on any atom is -0.444 e. The molecule has 1 aliphatic heterocycles. The molecule has 42 heavy (non-hydrogen) atoms. The Labute approximate surface area is 247 Å². The molecular weight excluding hydrogens is 538 g/mol. The van der Waals surface area contributed by atoms with Crippen LogP contribution in [-0.2, 0) is 32.5 Å². The fraction of sp³-hybridized carbons (Fsp3) is 0.677. The van der Waals surface area contributed by atoms with Crippen molar-refractivity contribution in [2.75, 3.05) is 33.4 Å². The molecule has 1 unspecified atom stereocenters. The van der Waals surface area contributed by atoms with E-state index in [1.165, 1.54) is 4.57 Å². The molecule has 4 rings (SSSR count). The van der Waals surface area contributed by atoms with Crippen molar-refractivity contribution in [1.29, 1.82) is 0 Å². The van der Waals surface area contributed by atoms with Gasteiger partial charge in [-0.15, -0.1) is 0 Å². The number of likely N-dealkylation sites (N-methyl/N-ethyl adjacent to an activating group) is 1. The number of nitrogens with one attached hydrogen (secondary N) is 2. The van der Waals surface area contributed by atoms with Crippen LogP contribution in [0.2, 0.25) is 0 Å². The Kier molecular flexibility index (Phi) is 10.5. The summed E-state index contributed by atoms with van der Waals surface area (Å²) in [5.41, 5.74) is 1.85. The fourth-order valence-electron chi connectivity index (χ4n) is 5.99. The number of benzene rings is 1. The highest BCUT2D eigenvalue weighted by molar-refractivity contribution is 6.00. The number of imidazole rings is 1. The summed E-state index contributed by atoms with van der Waals surface area (Å²) < 4.78 is 14.4. The Morgan fingerprint density at radius 3 is 2.50 bits per heavy atom. The molecule has 11 heteroatoms. The fourth-order valence-corrected chi connectivity index (χ4v) is 5.99. The lowest BCUT2D eigenvalue weighted by molar-refractivity contribution is -0.135. The molecule has 1 saturated heterocycles. The zero-order valence-electron chi connectivity index (χ0n) is 25.7. The van der Waals surface area contributed by atoms with Crippen LogP contribution >= 0.6 is 0 Å². The van der Waals surface area contributed by atoms with Crippen LogP contribution in [0.15, 0.2) is 23.0 Å². The van der Waals surface area contributed by atoms with E-state index in [1.54, 1.807) is 11.6 Å². The number of alkyl carbamates (subject to hydrolysis) is 1. The number of ether oxygens (including phenoxy) is 2. The van der Waals surface area contributed by atoms with E-state index in [4.69, 9.17) is 9.47 Å². The second-order valence-electron chi connectivity index (χ2n) is 12.8. The standard InChI is InChI=1S/C31H47N5O6/c1-31(2,3)42-29(39)32-23-11-8-22(9-12-23)20-34(4)16-18-41-17-6-7-21-10-13-24-26(19-21)35(5)30(40)36(24)25-14-15-27(37)33-28(25)38/h10,13,19,22-23,25H,6-9,11-12,14-18,20H2,1-5H3,(H,32,39)(H,33,37,38). The summed E-state index contributed by atoms with van der Waals surface area (Å²) >= 11 is 0. The molecule has 1 saturated carbocycles. The van der Waals surface area contributed by atoms with Crippen LogP contribution in [0.3, 0.4) is 0 Å². The molecule has 11 nitrogen and oxygen atoms in total. The van der Waals surface area contributed by atoms with Crippen LogP contribution in [0.1, 0.15) is 77.3 Å². The van der Waals surface area contributed by atoms with Gasteiger partial charge in [-0.25, -0.2) is 9.59 Å². The first-order valence-corrected chi connectivity index (χ1v) is 15.2. The number of rotatable bonds is 11. The van der Waals surface area contributed by atoms with Crippen molar-refractivity contribution in [3.05, 3.63) is 34.2 Å². The predicted molar refractivity (Wildman–Crippen MR) is 160 cm³/mol. The van der Waals surface area contributed by atoms with Gasteiger partial charge in [0.05, 0.1) is 17.6 Å². The van der Waals surface area contributed by atoms with Gasteiger partial charge in [-0.2, -0.15) is 0 Å². The molecule has 1 aromatic carbocycles. The summed E-state index contributed by atoms with van der Waals surface area (Å²) in [6, 6.07) is 5.42. The normalized spacial score (nSPS) is 21.5. The summed E-state index contributed by atoms with van der Waals surface area (Å²) in [4.78, 5) is 51.2. The third-order valence-corrected chi connectivity index (χ3v) is 8.18. The van der Waals surface area contributed by atoms with E-state index in [0.29, 0.717) is 31.1 Å². The Balaban J connectivity index is 1.14. The summed E-state index contributed by atoms with van der Waals surface area (Å²) in [5.74, 6) is -0.0933. The van der Waals surface area contributed by atoms with Gasteiger partial charge in [0.1, 0.15) is 11.6 Å². The van der Waals surface area contributed by atoms with Crippen molar-refractivity contribution in [2.45, 2.75) is 89.8 Å². The Morgan fingerprint density at radius 1 is 1.07 bits per heavy atom. The molecule has 232 valence electrons. The van der Waals surface area contributed by atoms with Crippen LogP contribution in [0.25, 0.3) is 11.0 Å². The van der Waals surface area contributed by atoms with Crippen LogP contribution in [0.4, 0.5) is 4.79 Å². The van der Waals surface area contributed by atoms with Crippen LogP contribution in [-0.4, -0.2) is 76.9 Å². The molecule has 0 bridgehead atoms. The third kappa shape index (κ3) is 8.44. The van der Waals surface area contributed by atoms with Crippen molar-refractivity contribution >= 4 is 28.9 Å². The summed E-state index contributed by atoms with van der Waals surface area (Å²) in [5, 5.41) is 5.36. The van der Waals surface area contributed by atoms with Gasteiger partial charge < -0.3 is 19.7 Å². The monoisotopic (exact) mass is 585 g/mol. The second-order valence-corrected chi connectivity index (χ2v) is 12.8. The van der Waals surface area contributed by atoms with Crippen molar-refractivity contribution < 1.29 is 23.9 Å². The average molecular weight is 586 g/mol. The van der Waals surface area contributed by atoms with E-state index >= 15 is 0 Å². The van der Waals surface area contributed by atoms with Crippen molar-refractivity contribution in [3.63, 3.8) is 0 Å². The number of carbonyl (C=O) groups is 3. The number of carbonyl (C=O) groups excluding carboxylic acids is 3. The Hall–Kier alpha value is -3.18. The van der Waals surface area contributed by atoms with Gasteiger partial charge in [0.2, 0.25) is 11.8 Å². The first-order chi connectivity index (χ1) is 19.9. The Morgan fingerprint density at radius 2 is 1.81 bits per heavy atom. The number of nitrogens with zero attached hydrogens (tertiary/aromatic N) is 3. The maximum atomic E-state index is 13.0. The zero-order valence-corrected chi connectivity index (χ0v) is 25.7. The number of amides is 3. The minimum absolute atomic E-state index is 0.195. The van der Waals surface area contributed by atoms with Crippen LogP contribution in [0.5, 0.6) is 0 Å². The van der Waals surface area contributed by atoms with E-state index < -0.39 is 17.6 Å². The molecule has 2 N–H and O–H groups in total. The number of aryl methyl sites for hydroxylation is 2. The van der Waals surface area contributed by atoms with Gasteiger partial charge in [-0.3, -0.25) is 24.0 Å². The topological polar surface area (TPSA) is 124 Å². The number of aromatic nitrogens is 2. The predicted octanol–water partition coefficient (Wildman–Crippen LogP) is 3.28. The highest BCUT2D eigenvalue weighted by Gasteiger charge is 2.31. The summed E-state index contributed by atoms with van der Waals surface area (Å²) in [6.07, 6.45) is 6.07. The largest absolute Gasteiger partial charge is 0.444 e. The number of piperidine rings is 1. The maximum absolute atomic E-state index is 13.0. The highest BCUT2D eigenvalue weighted by atomic mass is 16.6. The molecule has 2 aliphatic rings. The molecule has 1 atom stereocenters. The second kappa shape index (κ2) is 13.9. The first kappa shape index (κ1) is 31.7.